The van der Waals surface area contributed by atoms with E-state index in [1.807, 2.05) is 0 Å². The average molecular weight is 459 g/mol. The van der Waals surface area contributed by atoms with Crippen LogP contribution in [0.15, 0.2) is 53.7 Å². The third-order valence-electron chi connectivity index (χ3n) is 5.42. The van der Waals surface area contributed by atoms with Gasteiger partial charge in [-0.25, -0.2) is 4.68 Å². The predicted octanol–water partition coefficient (Wildman–Crippen LogP) is 3.19. The number of amides is 1. The fraction of sp³-hybridized carbons (Fsp3) is 0.227. The Morgan fingerprint density at radius 1 is 1.18 bits per heavy atom. The first kappa shape index (κ1) is 22.2. The van der Waals surface area contributed by atoms with Gasteiger partial charge in [0.05, 0.1) is 12.8 Å². The number of nitrogens with zero attached hydrogens (tertiary/aromatic N) is 4. The number of nitrogens with two attached hydrogens (primary N) is 1. The number of hydrogen-bond acceptors (Lipinski definition) is 5. The molecule has 1 aromatic heterocycles. The Balaban J connectivity index is 1.69. The number of amidine groups is 1. The smallest absolute Gasteiger partial charge is 0.435 e. The highest BCUT2D eigenvalue weighted by atomic mass is 19.4. The van der Waals surface area contributed by atoms with Gasteiger partial charge in [0, 0.05) is 24.2 Å². The number of carbonyl (C=O) groups excluding carboxylic acids is 1. The van der Waals surface area contributed by atoms with Gasteiger partial charge in [0.2, 0.25) is 0 Å². The van der Waals surface area contributed by atoms with Gasteiger partial charge in [-0.05, 0) is 36.2 Å². The Bertz CT molecular complexity index is 1200. The van der Waals surface area contributed by atoms with Gasteiger partial charge in [-0.15, -0.1) is 0 Å². The molecular weight excluding hydrogens is 439 g/mol. The first-order chi connectivity index (χ1) is 15.7. The number of aromatic nitrogens is 2. The zero-order valence-electron chi connectivity index (χ0n) is 17.5. The Morgan fingerprint density at radius 2 is 1.85 bits per heavy atom. The fourth-order valence-electron chi connectivity index (χ4n) is 3.75. The van der Waals surface area contributed by atoms with E-state index < -0.39 is 17.8 Å². The Labute approximate surface area is 186 Å². The molecule has 0 unspecified atom stereocenters. The van der Waals surface area contributed by atoms with E-state index in [1.54, 1.807) is 48.5 Å². The van der Waals surface area contributed by atoms with Gasteiger partial charge < -0.3 is 20.6 Å². The highest BCUT2D eigenvalue weighted by Crippen LogP contribution is 2.36. The minimum Gasteiger partial charge on any atom is -0.497 e. The van der Waals surface area contributed by atoms with E-state index in [2.05, 4.69) is 10.3 Å². The molecule has 0 bridgehead atoms. The van der Waals surface area contributed by atoms with Gasteiger partial charge in [-0.3, -0.25) is 4.79 Å². The molecule has 8 nitrogen and oxygen atoms in total. The largest absolute Gasteiger partial charge is 0.497 e. The van der Waals surface area contributed by atoms with Crippen LogP contribution >= 0.6 is 0 Å². The van der Waals surface area contributed by atoms with Crippen molar-refractivity contribution in [1.29, 1.82) is 0 Å². The number of methoxy groups -OCH3 is 1. The highest BCUT2D eigenvalue weighted by Gasteiger charge is 2.43. The summed E-state index contributed by atoms with van der Waals surface area (Å²) >= 11 is 0. The van der Waals surface area contributed by atoms with Crippen LogP contribution in [0, 0.1) is 0 Å². The molecule has 0 atom stereocenters. The third kappa shape index (κ3) is 4.21. The van der Waals surface area contributed by atoms with Crippen LogP contribution in [0.2, 0.25) is 0 Å². The molecule has 33 heavy (non-hydrogen) atoms. The second-order valence-electron chi connectivity index (χ2n) is 7.44. The quantitative estimate of drug-likeness (QED) is 0.264. The molecule has 1 amide bonds. The molecule has 0 aliphatic carbocycles. The van der Waals surface area contributed by atoms with E-state index in [-0.39, 0.29) is 36.6 Å². The minimum atomic E-state index is -4.69. The topological polar surface area (TPSA) is 106 Å². The summed E-state index contributed by atoms with van der Waals surface area (Å²) in [6.07, 6.45) is -4.66. The molecule has 0 saturated carbocycles. The first-order valence-corrected chi connectivity index (χ1v) is 9.92. The summed E-state index contributed by atoms with van der Waals surface area (Å²) in [6.45, 7) is 0.301. The molecular formula is C22H20F3N5O3. The molecule has 0 saturated heterocycles. The monoisotopic (exact) mass is 459 g/mol. The van der Waals surface area contributed by atoms with Crippen molar-refractivity contribution >= 4 is 11.7 Å². The number of alkyl halides is 3. The van der Waals surface area contributed by atoms with Crippen molar-refractivity contribution in [3.63, 3.8) is 0 Å². The van der Waals surface area contributed by atoms with Gasteiger partial charge in [0.1, 0.15) is 11.4 Å². The molecule has 2 aromatic carbocycles. The minimum absolute atomic E-state index is 0.0221. The van der Waals surface area contributed by atoms with Crippen LogP contribution in [-0.2, 0) is 19.1 Å². The molecule has 0 spiro atoms. The lowest BCUT2D eigenvalue weighted by molar-refractivity contribution is -0.142. The van der Waals surface area contributed by atoms with Crippen molar-refractivity contribution < 1.29 is 27.9 Å². The summed E-state index contributed by atoms with van der Waals surface area (Å²) in [4.78, 5) is 14.8. The van der Waals surface area contributed by atoms with Gasteiger partial charge in [-0.2, -0.15) is 18.3 Å². The number of fused-ring (bicyclic) bond motifs is 1. The zero-order chi connectivity index (χ0) is 23.8. The standard InChI is InChI=1S/C22H20F3N5O3/c1-33-16-8-6-15(7-9-16)30-18-17(19(27-30)22(23,24)25)10-11-29(21(18)31)12-13-2-4-14(5-3-13)20(26)28-32/h2-9,32H,10-12H2,1H3,(H2,26,28). The van der Waals surface area contributed by atoms with E-state index in [0.29, 0.717) is 17.0 Å². The Kier molecular flexibility index (Phi) is 5.71. The summed E-state index contributed by atoms with van der Waals surface area (Å²) in [7, 11) is 1.48. The van der Waals surface area contributed by atoms with Crippen LogP contribution in [0.5, 0.6) is 5.75 Å². The lowest BCUT2D eigenvalue weighted by atomic mass is 10.0. The number of hydrogen-bond donors (Lipinski definition) is 2. The van der Waals surface area contributed by atoms with Crippen LogP contribution in [0.3, 0.4) is 0 Å². The van der Waals surface area contributed by atoms with Gasteiger partial charge in [0.25, 0.3) is 5.91 Å². The summed E-state index contributed by atoms with van der Waals surface area (Å²) in [6, 6.07) is 12.9. The van der Waals surface area contributed by atoms with Crippen LogP contribution in [0.25, 0.3) is 5.69 Å². The summed E-state index contributed by atoms with van der Waals surface area (Å²) in [5, 5.41) is 15.5. The van der Waals surface area contributed by atoms with Crippen LogP contribution in [-0.4, -0.2) is 45.3 Å². The zero-order valence-corrected chi connectivity index (χ0v) is 17.5. The predicted molar refractivity (Wildman–Crippen MR) is 113 cm³/mol. The molecule has 2 heterocycles. The highest BCUT2D eigenvalue weighted by molar-refractivity contribution is 5.97. The van der Waals surface area contributed by atoms with Gasteiger partial charge in [-0.1, -0.05) is 29.4 Å². The maximum Gasteiger partial charge on any atom is 0.435 e. The van der Waals surface area contributed by atoms with E-state index in [9.17, 15) is 18.0 Å². The maximum absolute atomic E-state index is 13.7. The van der Waals surface area contributed by atoms with Gasteiger partial charge >= 0.3 is 6.18 Å². The Morgan fingerprint density at radius 3 is 2.42 bits per heavy atom. The lowest BCUT2D eigenvalue weighted by Crippen LogP contribution is -2.38. The van der Waals surface area contributed by atoms with Gasteiger partial charge in [0.15, 0.2) is 11.5 Å². The summed E-state index contributed by atoms with van der Waals surface area (Å²) in [5.41, 5.74) is 5.86. The summed E-state index contributed by atoms with van der Waals surface area (Å²) in [5.74, 6) is -0.0713. The molecule has 1 aliphatic rings. The van der Waals surface area contributed by atoms with Crippen LogP contribution < -0.4 is 10.5 Å². The molecule has 1 aliphatic heterocycles. The number of oxime groups is 1. The van der Waals surface area contributed by atoms with Crippen molar-refractivity contribution in [1.82, 2.24) is 14.7 Å². The van der Waals surface area contributed by atoms with Crippen molar-refractivity contribution in [2.75, 3.05) is 13.7 Å². The van der Waals surface area contributed by atoms with E-state index in [0.717, 1.165) is 10.2 Å². The van der Waals surface area contributed by atoms with Crippen molar-refractivity contribution in [3.8, 4) is 11.4 Å². The number of rotatable bonds is 5. The number of ether oxygens (including phenoxy) is 1. The first-order valence-electron chi connectivity index (χ1n) is 9.92. The maximum atomic E-state index is 13.7. The molecule has 0 fully saturated rings. The molecule has 11 heteroatoms. The number of carbonyl (C=O) groups is 1. The second kappa shape index (κ2) is 8.49. The van der Waals surface area contributed by atoms with Crippen molar-refractivity contribution in [2.24, 2.45) is 10.9 Å². The van der Waals surface area contributed by atoms with Crippen molar-refractivity contribution in [3.05, 3.63) is 76.6 Å². The fourth-order valence-corrected chi connectivity index (χ4v) is 3.75. The SMILES string of the molecule is COc1ccc(-n2nc(C(F)(F)F)c3c2C(=O)N(Cc2ccc(C(N)=NO)cc2)CC3)cc1. The molecule has 172 valence electrons. The Hall–Kier alpha value is -4.02. The molecule has 4 rings (SSSR count). The second-order valence-corrected chi connectivity index (χ2v) is 7.44. The third-order valence-corrected chi connectivity index (χ3v) is 5.42. The number of halogens is 3. The van der Waals surface area contributed by atoms with E-state index >= 15 is 0 Å². The van der Waals surface area contributed by atoms with E-state index in [4.69, 9.17) is 15.7 Å². The molecule has 3 aromatic rings. The number of benzene rings is 2. The normalized spacial score (nSPS) is 14.4. The lowest BCUT2D eigenvalue weighted by Gasteiger charge is -2.28. The van der Waals surface area contributed by atoms with Crippen molar-refractivity contribution in [2.45, 2.75) is 19.1 Å². The average Bonchev–Trinajstić information content (AvgIpc) is 3.22. The molecule has 3 N–H and O–H groups in total. The van der Waals surface area contributed by atoms with E-state index in [1.165, 1.54) is 12.0 Å². The van der Waals surface area contributed by atoms with Crippen LogP contribution in [0.1, 0.15) is 32.9 Å². The summed E-state index contributed by atoms with van der Waals surface area (Å²) < 4.78 is 47.2. The van der Waals surface area contributed by atoms with Crippen LogP contribution in [0.4, 0.5) is 13.2 Å². The molecule has 0 radical (unpaired) electrons.